The lowest BCUT2D eigenvalue weighted by Crippen LogP contribution is -2.45. The Morgan fingerprint density at radius 3 is 2.72 bits per heavy atom. The highest BCUT2D eigenvalue weighted by Crippen LogP contribution is 2.24. The first-order chi connectivity index (χ1) is 12.0. The first kappa shape index (κ1) is 17.2. The predicted octanol–water partition coefficient (Wildman–Crippen LogP) is 2.36. The van der Waals surface area contributed by atoms with Gasteiger partial charge in [-0.25, -0.2) is 4.68 Å². The summed E-state index contributed by atoms with van der Waals surface area (Å²) in [5.41, 5.74) is 8.81. The average molecular weight is 340 g/mol. The molecule has 3 rings (SSSR count). The summed E-state index contributed by atoms with van der Waals surface area (Å²) in [6.07, 6.45) is 4.63. The molecule has 6 nitrogen and oxygen atoms in total. The summed E-state index contributed by atoms with van der Waals surface area (Å²) in [4.78, 5) is 26.2. The number of para-hydroxylation sites is 1. The number of primary amides is 1. The van der Waals surface area contributed by atoms with E-state index in [4.69, 9.17) is 5.73 Å². The van der Waals surface area contributed by atoms with Crippen molar-refractivity contribution in [3.05, 3.63) is 47.3 Å². The number of carbonyl (C=O) groups is 2. The molecule has 1 saturated heterocycles. The van der Waals surface area contributed by atoms with Crippen LogP contribution in [0, 0.1) is 13.8 Å². The van der Waals surface area contributed by atoms with Crippen molar-refractivity contribution < 1.29 is 9.59 Å². The van der Waals surface area contributed by atoms with Crippen molar-refractivity contribution in [3.63, 3.8) is 0 Å². The molecule has 2 N–H and O–H groups in total. The number of amides is 2. The molecule has 0 spiro atoms. The molecule has 2 amide bonds. The molecule has 0 bridgehead atoms. The van der Waals surface area contributed by atoms with Gasteiger partial charge in [-0.3, -0.25) is 9.59 Å². The van der Waals surface area contributed by atoms with Gasteiger partial charge in [0.2, 0.25) is 5.91 Å². The van der Waals surface area contributed by atoms with Crippen LogP contribution in [0.2, 0.25) is 0 Å². The van der Waals surface area contributed by atoms with Crippen molar-refractivity contribution in [3.8, 4) is 5.69 Å². The lowest BCUT2D eigenvalue weighted by Gasteiger charge is -2.35. The van der Waals surface area contributed by atoms with Gasteiger partial charge in [-0.1, -0.05) is 18.2 Å². The molecular formula is C19H24N4O2. The minimum absolute atomic E-state index is 0.0664. The first-order valence-corrected chi connectivity index (χ1v) is 8.69. The van der Waals surface area contributed by atoms with Crippen molar-refractivity contribution in [2.75, 3.05) is 6.54 Å². The summed E-state index contributed by atoms with van der Waals surface area (Å²) in [5, 5.41) is 4.43. The van der Waals surface area contributed by atoms with Gasteiger partial charge >= 0.3 is 0 Å². The molecule has 25 heavy (non-hydrogen) atoms. The third-order valence-electron chi connectivity index (χ3n) is 4.91. The number of piperidine rings is 1. The fraction of sp³-hybridized carbons (Fsp3) is 0.421. The largest absolute Gasteiger partial charge is 0.370 e. The quantitative estimate of drug-likeness (QED) is 0.927. The molecule has 0 aliphatic carbocycles. The molecule has 2 heterocycles. The Morgan fingerprint density at radius 1 is 1.24 bits per heavy atom. The van der Waals surface area contributed by atoms with E-state index in [9.17, 15) is 9.59 Å². The maximum absolute atomic E-state index is 13.1. The van der Waals surface area contributed by atoms with Crippen LogP contribution < -0.4 is 5.73 Å². The van der Waals surface area contributed by atoms with Crippen molar-refractivity contribution in [2.24, 2.45) is 5.73 Å². The van der Waals surface area contributed by atoms with E-state index in [1.807, 2.05) is 38.1 Å². The fourth-order valence-corrected chi connectivity index (χ4v) is 3.53. The van der Waals surface area contributed by atoms with Crippen LogP contribution in [-0.2, 0) is 4.79 Å². The van der Waals surface area contributed by atoms with Gasteiger partial charge in [-0.15, -0.1) is 0 Å². The molecule has 0 radical (unpaired) electrons. The van der Waals surface area contributed by atoms with Crippen molar-refractivity contribution in [1.82, 2.24) is 14.7 Å². The molecule has 2 aromatic rings. The zero-order valence-electron chi connectivity index (χ0n) is 14.7. The molecule has 132 valence electrons. The lowest BCUT2D eigenvalue weighted by atomic mass is 9.98. The van der Waals surface area contributed by atoms with Gasteiger partial charge < -0.3 is 10.6 Å². The Hall–Kier alpha value is -2.63. The maximum Gasteiger partial charge on any atom is 0.257 e. The second-order valence-electron chi connectivity index (χ2n) is 6.66. The number of nitrogens with two attached hydrogens (primary N) is 1. The molecule has 1 unspecified atom stereocenters. The van der Waals surface area contributed by atoms with Crippen LogP contribution in [0.1, 0.15) is 47.3 Å². The minimum atomic E-state index is -0.364. The van der Waals surface area contributed by atoms with Crippen LogP contribution >= 0.6 is 0 Å². The summed E-state index contributed by atoms with van der Waals surface area (Å²) < 4.78 is 1.80. The second-order valence-corrected chi connectivity index (χ2v) is 6.66. The monoisotopic (exact) mass is 340 g/mol. The van der Waals surface area contributed by atoms with E-state index in [1.54, 1.807) is 15.8 Å². The Morgan fingerprint density at radius 2 is 2.00 bits per heavy atom. The number of rotatable bonds is 4. The number of hydrogen-bond acceptors (Lipinski definition) is 3. The van der Waals surface area contributed by atoms with E-state index in [1.165, 1.54) is 0 Å². The smallest absolute Gasteiger partial charge is 0.257 e. The van der Waals surface area contributed by atoms with E-state index in [0.29, 0.717) is 12.1 Å². The number of benzene rings is 1. The number of nitrogens with zero attached hydrogens (tertiary/aromatic N) is 3. The molecule has 1 fully saturated rings. The molecule has 0 saturated carbocycles. The Bertz CT molecular complexity index is 796. The second kappa shape index (κ2) is 7.09. The van der Waals surface area contributed by atoms with Gasteiger partial charge in [0.15, 0.2) is 0 Å². The van der Waals surface area contributed by atoms with Crippen molar-refractivity contribution in [2.45, 2.75) is 45.6 Å². The van der Waals surface area contributed by atoms with Gasteiger partial charge in [0.1, 0.15) is 0 Å². The van der Waals surface area contributed by atoms with Gasteiger partial charge in [0.05, 0.1) is 23.1 Å². The molecule has 1 aliphatic rings. The number of carbonyl (C=O) groups excluding carboxylic acids is 2. The summed E-state index contributed by atoms with van der Waals surface area (Å²) >= 11 is 0. The first-order valence-electron chi connectivity index (χ1n) is 8.69. The highest BCUT2D eigenvalue weighted by molar-refractivity contribution is 5.95. The third-order valence-corrected chi connectivity index (χ3v) is 4.91. The highest BCUT2D eigenvalue weighted by Gasteiger charge is 2.30. The number of aryl methyl sites for hydroxylation is 1. The topological polar surface area (TPSA) is 81.2 Å². The summed E-state index contributed by atoms with van der Waals surface area (Å²) in [5.74, 6) is -0.430. The third kappa shape index (κ3) is 3.43. The van der Waals surface area contributed by atoms with Crippen LogP contribution in [-0.4, -0.2) is 39.1 Å². The molecule has 1 aromatic heterocycles. The Labute approximate surface area is 147 Å². The zero-order chi connectivity index (χ0) is 18.0. The predicted molar refractivity (Wildman–Crippen MR) is 95.5 cm³/mol. The molecule has 1 atom stereocenters. The van der Waals surface area contributed by atoms with Crippen LogP contribution in [0.25, 0.3) is 5.69 Å². The molecule has 1 aromatic carbocycles. The normalized spacial score (nSPS) is 17.5. The molecule has 1 aliphatic heterocycles. The van der Waals surface area contributed by atoms with Crippen LogP contribution in [0.3, 0.4) is 0 Å². The van der Waals surface area contributed by atoms with E-state index >= 15 is 0 Å². The minimum Gasteiger partial charge on any atom is -0.370 e. The van der Waals surface area contributed by atoms with E-state index in [2.05, 4.69) is 5.10 Å². The number of hydrogen-bond donors (Lipinski definition) is 1. The number of aromatic nitrogens is 2. The Kier molecular flexibility index (Phi) is 4.88. The lowest BCUT2D eigenvalue weighted by molar-refractivity contribution is -0.119. The van der Waals surface area contributed by atoms with Crippen LogP contribution in [0.4, 0.5) is 0 Å². The van der Waals surface area contributed by atoms with Crippen LogP contribution in [0.5, 0.6) is 0 Å². The molecule has 6 heteroatoms. The van der Waals surface area contributed by atoms with E-state index < -0.39 is 0 Å². The average Bonchev–Trinajstić information content (AvgIpc) is 2.96. The summed E-state index contributed by atoms with van der Waals surface area (Å²) in [7, 11) is 0. The molecular weight excluding hydrogens is 316 g/mol. The van der Waals surface area contributed by atoms with Gasteiger partial charge in [0.25, 0.3) is 5.91 Å². The van der Waals surface area contributed by atoms with Crippen molar-refractivity contribution in [1.29, 1.82) is 0 Å². The fourth-order valence-electron chi connectivity index (χ4n) is 3.53. The van der Waals surface area contributed by atoms with Gasteiger partial charge in [-0.2, -0.15) is 5.10 Å². The summed E-state index contributed by atoms with van der Waals surface area (Å²) in [6, 6.07) is 7.83. The maximum atomic E-state index is 13.1. The zero-order valence-corrected chi connectivity index (χ0v) is 14.7. The van der Waals surface area contributed by atoms with Gasteiger partial charge in [0, 0.05) is 19.0 Å². The Balaban J connectivity index is 1.90. The SMILES string of the molecule is Cc1ccccc1-n1ncc(C(=O)N2CCCCC2CC(N)=O)c1C. The number of likely N-dealkylation sites (tertiary alicyclic amines) is 1. The summed E-state index contributed by atoms with van der Waals surface area (Å²) in [6.45, 7) is 4.58. The standard InChI is InChI=1S/C19H24N4O2/c1-13-7-3-4-9-17(13)23-14(2)16(12-21-23)19(25)22-10-6-5-8-15(22)11-18(20)24/h3-4,7,9,12,15H,5-6,8,10-11H2,1-2H3,(H2,20,24). The van der Waals surface area contributed by atoms with Gasteiger partial charge in [-0.05, 0) is 44.7 Å². The van der Waals surface area contributed by atoms with E-state index in [-0.39, 0.29) is 24.3 Å². The van der Waals surface area contributed by atoms with E-state index in [0.717, 1.165) is 36.2 Å². The van der Waals surface area contributed by atoms with Crippen LogP contribution in [0.15, 0.2) is 30.5 Å². The van der Waals surface area contributed by atoms with Crippen molar-refractivity contribution >= 4 is 11.8 Å². The highest BCUT2D eigenvalue weighted by atomic mass is 16.2.